The molecule has 2 rings (SSSR count). The molecule has 0 aliphatic rings. The van der Waals surface area contributed by atoms with Gasteiger partial charge in [-0.3, -0.25) is 0 Å². The Balaban J connectivity index is 2.26. The number of nitrogens with zero attached hydrogens (tertiary/aromatic N) is 2. The van der Waals surface area contributed by atoms with Crippen LogP contribution in [0.4, 0.5) is 0 Å². The fraction of sp³-hybridized carbons (Fsp3) is 0.467. The van der Waals surface area contributed by atoms with Crippen LogP contribution in [0.5, 0.6) is 0 Å². The van der Waals surface area contributed by atoms with Crippen molar-refractivity contribution in [2.24, 2.45) is 11.1 Å². The van der Waals surface area contributed by atoms with Crippen molar-refractivity contribution < 1.29 is 4.52 Å². The third-order valence-electron chi connectivity index (χ3n) is 3.05. The number of aromatic nitrogens is 2. The van der Waals surface area contributed by atoms with Crippen molar-refractivity contribution in [3.63, 3.8) is 0 Å². The minimum Gasteiger partial charge on any atom is -0.339 e. The lowest BCUT2D eigenvalue weighted by Crippen LogP contribution is -2.19. The molecule has 0 saturated heterocycles. The number of hydrogen-bond donors (Lipinski definition) is 1. The fourth-order valence-corrected chi connectivity index (χ4v) is 2.63. The van der Waals surface area contributed by atoms with E-state index in [9.17, 15) is 0 Å². The molecular weight excluding hydrogens is 318 g/mol. The van der Waals surface area contributed by atoms with Crippen LogP contribution in [-0.4, -0.2) is 16.7 Å². The summed E-state index contributed by atoms with van der Waals surface area (Å²) in [6.45, 7) is 7.05. The highest BCUT2D eigenvalue weighted by Crippen LogP contribution is 2.31. The van der Waals surface area contributed by atoms with Crippen LogP contribution >= 0.6 is 15.9 Å². The molecule has 2 N–H and O–H groups in total. The summed E-state index contributed by atoms with van der Waals surface area (Å²) in [5.41, 5.74) is 6.95. The summed E-state index contributed by atoms with van der Waals surface area (Å²) in [6.07, 6.45) is 0.918. The molecule has 108 valence electrons. The van der Waals surface area contributed by atoms with E-state index in [2.05, 4.69) is 46.8 Å². The van der Waals surface area contributed by atoms with Gasteiger partial charge in [0.15, 0.2) is 0 Å². The second kappa shape index (κ2) is 6.06. The molecule has 0 amide bonds. The van der Waals surface area contributed by atoms with Crippen molar-refractivity contribution in [3.05, 3.63) is 34.6 Å². The Hall–Kier alpha value is -1.20. The molecule has 5 heteroatoms. The van der Waals surface area contributed by atoms with Crippen LogP contribution in [0.3, 0.4) is 0 Å². The van der Waals surface area contributed by atoms with E-state index < -0.39 is 0 Å². The smallest absolute Gasteiger partial charge is 0.231 e. The largest absolute Gasteiger partial charge is 0.339 e. The molecule has 1 atom stereocenters. The second-order valence-electron chi connectivity index (χ2n) is 6.13. The Labute approximate surface area is 127 Å². The molecule has 1 heterocycles. The maximum atomic E-state index is 5.85. The number of nitrogens with two attached hydrogens (primary N) is 1. The van der Waals surface area contributed by atoms with Gasteiger partial charge in [-0.15, -0.1) is 0 Å². The third kappa shape index (κ3) is 3.67. The quantitative estimate of drug-likeness (QED) is 0.916. The van der Waals surface area contributed by atoms with E-state index >= 15 is 0 Å². The Kier molecular flexibility index (Phi) is 4.60. The summed E-state index contributed by atoms with van der Waals surface area (Å²) in [6, 6.07) is 7.82. The number of benzene rings is 1. The molecule has 0 radical (unpaired) electrons. The first-order valence-corrected chi connectivity index (χ1v) is 7.48. The van der Waals surface area contributed by atoms with Crippen LogP contribution in [0.1, 0.15) is 39.0 Å². The zero-order chi connectivity index (χ0) is 14.8. The van der Waals surface area contributed by atoms with Crippen molar-refractivity contribution in [3.8, 4) is 11.4 Å². The molecule has 2 aromatic rings. The molecule has 1 aromatic heterocycles. The zero-order valence-corrected chi connectivity index (χ0v) is 13.6. The van der Waals surface area contributed by atoms with Crippen LogP contribution < -0.4 is 5.73 Å². The topological polar surface area (TPSA) is 64.9 Å². The first-order chi connectivity index (χ1) is 9.40. The molecular formula is C15H20BrN3O. The SMILES string of the molecule is CC(C)(C)CC(CN)c1nc(-c2ccccc2Br)no1. The van der Waals surface area contributed by atoms with E-state index in [1.807, 2.05) is 24.3 Å². The number of halogens is 1. The van der Waals surface area contributed by atoms with Gasteiger partial charge >= 0.3 is 0 Å². The molecule has 0 aliphatic heterocycles. The van der Waals surface area contributed by atoms with E-state index in [-0.39, 0.29) is 11.3 Å². The van der Waals surface area contributed by atoms with Gasteiger partial charge in [0, 0.05) is 16.6 Å². The lowest BCUT2D eigenvalue weighted by molar-refractivity contribution is 0.287. The van der Waals surface area contributed by atoms with E-state index in [1.165, 1.54) is 0 Å². The Morgan fingerprint density at radius 2 is 2.00 bits per heavy atom. The standard InChI is InChI=1S/C15H20BrN3O/c1-15(2,3)8-10(9-17)14-18-13(19-20-14)11-6-4-5-7-12(11)16/h4-7,10H,8-9,17H2,1-3H3. The molecule has 0 aliphatic carbocycles. The summed E-state index contributed by atoms with van der Waals surface area (Å²) < 4.78 is 6.36. The van der Waals surface area contributed by atoms with Gasteiger partial charge in [0.2, 0.25) is 11.7 Å². The highest BCUT2D eigenvalue weighted by molar-refractivity contribution is 9.10. The monoisotopic (exact) mass is 337 g/mol. The summed E-state index contributed by atoms with van der Waals surface area (Å²) in [5.74, 6) is 1.31. The van der Waals surface area contributed by atoms with Crippen LogP contribution in [-0.2, 0) is 0 Å². The molecule has 0 saturated carbocycles. The van der Waals surface area contributed by atoms with Gasteiger partial charge in [-0.1, -0.05) is 54.0 Å². The van der Waals surface area contributed by atoms with E-state index in [0.717, 1.165) is 16.5 Å². The molecule has 0 bridgehead atoms. The van der Waals surface area contributed by atoms with Gasteiger partial charge in [0.1, 0.15) is 0 Å². The Morgan fingerprint density at radius 3 is 2.60 bits per heavy atom. The molecule has 0 fully saturated rings. The highest BCUT2D eigenvalue weighted by atomic mass is 79.9. The van der Waals surface area contributed by atoms with E-state index in [4.69, 9.17) is 10.3 Å². The van der Waals surface area contributed by atoms with E-state index in [1.54, 1.807) is 0 Å². The average molecular weight is 338 g/mol. The van der Waals surface area contributed by atoms with Crippen LogP contribution in [0, 0.1) is 5.41 Å². The predicted octanol–water partition coefficient (Wildman–Crippen LogP) is 3.98. The van der Waals surface area contributed by atoms with Gasteiger partial charge in [0.05, 0.1) is 5.92 Å². The lowest BCUT2D eigenvalue weighted by atomic mass is 9.84. The number of hydrogen-bond acceptors (Lipinski definition) is 4. The van der Waals surface area contributed by atoms with Crippen molar-refractivity contribution in [1.29, 1.82) is 0 Å². The van der Waals surface area contributed by atoms with E-state index in [0.29, 0.717) is 18.3 Å². The first kappa shape index (κ1) is 15.2. The minimum atomic E-state index is 0.0961. The average Bonchev–Trinajstić information content (AvgIpc) is 2.84. The zero-order valence-electron chi connectivity index (χ0n) is 12.1. The fourth-order valence-electron chi connectivity index (χ4n) is 2.16. The number of rotatable bonds is 4. The van der Waals surface area contributed by atoms with Gasteiger partial charge in [0.25, 0.3) is 0 Å². The molecule has 4 nitrogen and oxygen atoms in total. The lowest BCUT2D eigenvalue weighted by Gasteiger charge is -2.22. The van der Waals surface area contributed by atoms with Crippen molar-refractivity contribution in [2.75, 3.05) is 6.54 Å². The molecule has 1 aromatic carbocycles. The predicted molar refractivity (Wildman–Crippen MR) is 83.3 cm³/mol. The van der Waals surface area contributed by atoms with Crippen LogP contribution in [0.2, 0.25) is 0 Å². The molecule has 1 unspecified atom stereocenters. The van der Waals surface area contributed by atoms with Gasteiger partial charge in [-0.25, -0.2) is 0 Å². The summed E-state index contributed by atoms with van der Waals surface area (Å²) in [7, 11) is 0. The molecule has 0 spiro atoms. The van der Waals surface area contributed by atoms with Gasteiger partial charge < -0.3 is 10.3 Å². The van der Waals surface area contributed by atoms with Crippen molar-refractivity contribution in [1.82, 2.24) is 10.1 Å². The van der Waals surface area contributed by atoms with Gasteiger partial charge in [-0.05, 0) is 24.0 Å². The second-order valence-corrected chi connectivity index (χ2v) is 6.99. The third-order valence-corrected chi connectivity index (χ3v) is 3.74. The first-order valence-electron chi connectivity index (χ1n) is 6.69. The highest BCUT2D eigenvalue weighted by Gasteiger charge is 2.24. The maximum Gasteiger partial charge on any atom is 0.231 e. The van der Waals surface area contributed by atoms with Crippen molar-refractivity contribution in [2.45, 2.75) is 33.1 Å². The van der Waals surface area contributed by atoms with Crippen molar-refractivity contribution >= 4 is 15.9 Å². The summed E-state index contributed by atoms with van der Waals surface area (Å²) in [4.78, 5) is 4.51. The minimum absolute atomic E-state index is 0.0961. The Morgan fingerprint density at radius 1 is 1.30 bits per heavy atom. The Bertz CT molecular complexity index is 574. The van der Waals surface area contributed by atoms with Crippen LogP contribution in [0.25, 0.3) is 11.4 Å². The molecule has 20 heavy (non-hydrogen) atoms. The van der Waals surface area contributed by atoms with Crippen LogP contribution in [0.15, 0.2) is 33.3 Å². The summed E-state index contributed by atoms with van der Waals surface area (Å²) in [5, 5.41) is 4.07. The maximum absolute atomic E-state index is 5.85. The van der Waals surface area contributed by atoms with Gasteiger partial charge in [-0.2, -0.15) is 4.98 Å². The normalized spacial score (nSPS) is 13.4. The summed E-state index contributed by atoms with van der Waals surface area (Å²) >= 11 is 3.50.